The zero-order valence-corrected chi connectivity index (χ0v) is 8.45. The quantitative estimate of drug-likeness (QED) is 0.173. The zero-order valence-electron chi connectivity index (χ0n) is 2.82. The van der Waals surface area contributed by atoms with Gasteiger partial charge >= 0.3 is 59.1 Å². The first-order valence-electron chi connectivity index (χ1n) is 0.167. The van der Waals surface area contributed by atoms with Gasteiger partial charge in [-0.05, 0) is 0 Å². The van der Waals surface area contributed by atoms with Crippen LogP contribution in [0.3, 0.4) is 0 Å². The van der Waals surface area contributed by atoms with Crippen molar-refractivity contribution in [2.45, 2.75) is 0 Å². The van der Waals surface area contributed by atoms with Crippen LogP contribution in [0.1, 0.15) is 0 Å². The van der Waals surface area contributed by atoms with Gasteiger partial charge in [0, 0.05) is 0 Å². The molecule has 0 N–H and O–H groups in total. The minimum absolute atomic E-state index is 0. The summed E-state index contributed by atoms with van der Waals surface area (Å²) in [7, 11) is 0. The first-order valence-corrected chi connectivity index (χ1v) is 1.50. The molecule has 0 spiro atoms. The van der Waals surface area contributed by atoms with E-state index in [0.29, 0.717) is 0 Å². The van der Waals surface area contributed by atoms with E-state index >= 15 is 0 Å². The summed E-state index contributed by atoms with van der Waals surface area (Å²) in [6.45, 7) is 0. The molecule has 0 aliphatic rings. The van der Waals surface area contributed by atoms with Crippen LogP contribution in [0.5, 0.6) is 0 Å². The number of hydrogen-bond donors (Lipinski definition) is 0. The molecule has 0 rings (SSSR count). The molecule has 0 fully saturated rings. The summed E-state index contributed by atoms with van der Waals surface area (Å²) >= 11 is 7.33. The molecule has 4 heteroatoms. The number of rotatable bonds is 0. The maximum Gasteiger partial charge on any atom is 1.00 e. The molecule has 0 saturated heterocycles. The van der Waals surface area contributed by atoms with Gasteiger partial charge in [0.15, 0.2) is 0 Å². The monoisotopic (exact) mass is 110 g/mol. The Kier molecular flexibility index (Phi) is 68.7. The fourth-order valence-corrected chi connectivity index (χ4v) is 0. The summed E-state index contributed by atoms with van der Waals surface area (Å²) in [5.74, 6) is 0. The van der Waals surface area contributed by atoms with E-state index in [-0.39, 0.29) is 59.1 Å². The number of hydrogen-bond acceptors (Lipinski definition) is 2. The van der Waals surface area contributed by atoms with E-state index < -0.39 is 0 Å². The van der Waals surface area contributed by atoms with E-state index in [1.165, 1.54) is 0 Å². The third-order valence-corrected chi connectivity index (χ3v) is 0. The minimum atomic E-state index is 0. The molecule has 0 aromatic heterocycles. The Morgan fingerprint density at radius 1 is 0.750 bits per heavy atom. The van der Waals surface area contributed by atoms with Gasteiger partial charge in [0.1, 0.15) is 0 Å². The van der Waals surface area contributed by atoms with Gasteiger partial charge in [0.2, 0.25) is 0 Å². The van der Waals surface area contributed by atoms with Crippen molar-refractivity contribution in [1.82, 2.24) is 0 Å². The van der Waals surface area contributed by atoms with Gasteiger partial charge in [-0.15, -0.1) is 0 Å². The van der Waals surface area contributed by atoms with Gasteiger partial charge in [0.05, 0.1) is 0 Å². The van der Waals surface area contributed by atoms with Crippen molar-refractivity contribution in [2.24, 2.45) is 0 Å². The van der Waals surface area contributed by atoms with Crippen molar-refractivity contribution in [3.63, 3.8) is 0 Å². The summed E-state index contributed by atoms with van der Waals surface area (Å²) in [6, 6.07) is 0. The molecule has 0 amide bonds. The largest absolute Gasteiger partial charge is 1.00 e. The van der Waals surface area contributed by atoms with Crippen LogP contribution >= 0.6 is 0 Å². The molecule has 0 saturated carbocycles. The van der Waals surface area contributed by atoms with Crippen LogP contribution < -0.4 is 59.1 Å². The SMILES string of the molecule is [Na+].[Na+].[S-][S-]. The van der Waals surface area contributed by atoms with Crippen molar-refractivity contribution in [1.29, 1.82) is 0 Å². The molecule has 4 heavy (non-hydrogen) atoms. The summed E-state index contributed by atoms with van der Waals surface area (Å²) in [6.07, 6.45) is 0. The van der Waals surface area contributed by atoms with Crippen molar-refractivity contribution in [2.75, 3.05) is 0 Å². The maximum absolute atomic E-state index is 3.67. The topological polar surface area (TPSA) is 0 Å². The molecule has 0 aromatic carbocycles. The molecule has 0 heterocycles. The fraction of sp³-hybridized carbons (Fsp3) is 0. The molecule has 0 nitrogen and oxygen atoms in total. The van der Waals surface area contributed by atoms with Crippen LogP contribution in [0.2, 0.25) is 0 Å². The van der Waals surface area contributed by atoms with Crippen LogP contribution in [-0.4, -0.2) is 0 Å². The fourth-order valence-electron chi connectivity index (χ4n) is 0. The average Bonchev–Trinajstić information content (AvgIpc) is 1.00. The molecule has 0 radical (unpaired) electrons. The molecular formula is Na2S2. The van der Waals surface area contributed by atoms with E-state index in [0.717, 1.165) is 0 Å². The van der Waals surface area contributed by atoms with Crippen molar-refractivity contribution < 1.29 is 59.1 Å². The summed E-state index contributed by atoms with van der Waals surface area (Å²) < 4.78 is 0. The van der Waals surface area contributed by atoms with Crippen molar-refractivity contribution >= 4 is 23.3 Å². The molecular weight excluding hydrogens is 110 g/mol. The van der Waals surface area contributed by atoms with E-state index in [2.05, 4.69) is 23.3 Å². The smallest absolute Gasteiger partial charge is 1.00 e. The minimum Gasteiger partial charge on any atom is -1.00 e. The molecule has 0 atom stereocenters. The van der Waals surface area contributed by atoms with Crippen molar-refractivity contribution in [3.05, 3.63) is 0 Å². The second-order valence-electron chi connectivity index (χ2n) is 0. The summed E-state index contributed by atoms with van der Waals surface area (Å²) in [5.41, 5.74) is 0. The van der Waals surface area contributed by atoms with Crippen LogP contribution in [0.25, 0.3) is 0 Å². The van der Waals surface area contributed by atoms with Gasteiger partial charge < -0.3 is 23.3 Å². The Labute approximate surface area is 80.9 Å². The second-order valence-corrected chi connectivity index (χ2v) is 0. The standard InChI is InChI=1S/2Na.S2/c;;1-2/q2*+1;-2. The van der Waals surface area contributed by atoms with Crippen LogP contribution in [0, 0.1) is 0 Å². The van der Waals surface area contributed by atoms with Crippen molar-refractivity contribution in [3.8, 4) is 0 Å². The Bertz CT molecular complexity index is 4.00. The molecule has 0 aliphatic heterocycles. The van der Waals surface area contributed by atoms with E-state index in [9.17, 15) is 0 Å². The van der Waals surface area contributed by atoms with E-state index in [1.807, 2.05) is 0 Å². The Morgan fingerprint density at radius 2 is 0.750 bits per heavy atom. The van der Waals surface area contributed by atoms with E-state index in [1.54, 1.807) is 0 Å². The third-order valence-electron chi connectivity index (χ3n) is 0. The molecule has 14 valence electrons. The predicted molar refractivity (Wildman–Crippen MR) is 14.7 cm³/mol. The van der Waals surface area contributed by atoms with Crippen LogP contribution in [0.4, 0.5) is 0 Å². The summed E-state index contributed by atoms with van der Waals surface area (Å²) in [5, 5.41) is 0. The molecule has 0 bridgehead atoms. The van der Waals surface area contributed by atoms with Gasteiger partial charge in [-0.1, -0.05) is 0 Å². The van der Waals surface area contributed by atoms with E-state index in [4.69, 9.17) is 0 Å². The average molecular weight is 110 g/mol. The first-order chi connectivity index (χ1) is 1.00. The Morgan fingerprint density at radius 3 is 0.750 bits per heavy atom. The zero-order chi connectivity index (χ0) is 2.00. The predicted octanol–water partition coefficient (Wildman–Crippen LogP) is -6.00. The van der Waals surface area contributed by atoms with Gasteiger partial charge in [-0.3, -0.25) is 0 Å². The first kappa shape index (κ1) is 15.9. The van der Waals surface area contributed by atoms with Gasteiger partial charge in [0.25, 0.3) is 0 Å². The second kappa shape index (κ2) is 17.3. The third kappa shape index (κ3) is 8.83. The van der Waals surface area contributed by atoms with Crippen LogP contribution in [0.15, 0.2) is 0 Å². The maximum atomic E-state index is 3.67. The Hall–Kier alpha value is 2.70. The molecule has 0 aromatic rings. The molecule has 0 unspecified atom stereocenters. The normalized spacial score (nSPS) is 1.50. The summed E-state index contributed by atoms with van der Waals surface area (Å²) in [4.78, 5) is 0. The van der Waals surface area contributed by atoms with Gasteiger partial charge in [-0.2, -0.15) is 0 Å². The van der Waals surface area contributed by atoms with Crippen LogP contribution in [-0.2, 0) is 23.3 Å². The Balaban J connectivity index is -0.00000000500. The van der Waals surface area contributed by atoms with Gasteiger partial charge in [-0.25, -0.2) is 0 Å². The molecule has 0 aliphatic carbocycles.